The number of halogens is 1. The molecule has 0 spiro atoms. The molecule has 0 radical (unpaired) electrons. The number of thioether (sulfide) groups is 1. The fraction of sp³-hybridized carbons (Fsp3) is 0.125. The second-order valence-corrected chi connectivity index (χ2v) is 11.2. The van der Waals surface area contributed by atoms with E-state index >= 15 is 0 Å². The highest BCUT2D eigenvalue weighted by molar-refractivity contribution is 9.10. The van der Waals surface area contributed by atoms with Crippen LogP contribution < -0.4 is 14.8 Å². The summed E-state index contributed by atoms with van der Waals surface area (Å²) in [7, 11) is -0.771. The summed E-state index contributed by atoms with van der Waals surface area (Å²) in [5, 5.41) is 2.81. The van der Waals surface area contributed by atoms with E-state index < -0.39 is 9.84 Å². The molecule has 4 rings (SSSR count). The maximum atomic E-state index is 13.2. The zero-order chi connectivity index (χ0) is 23.6. The molecule has 0 atom stereocenters. The molecule has 6 nitrogen and oxygen atoms in total. The highest BCUT2D eigenvalue weighted by atomic mass is 79.9. The molecular weight excluding hydrogens is 526 g/mol. The largest absolute Gasteiger partial charge is 0.496 e. The summed E-state index contributed by atoms with van der Waals surface area (Å²) in [5.41, 5.74) is 1.80. The zero-order valence-electron chi connectivity index (χ0n) is 17.8. The van der Waals surface area contributed by atoms with Gasteiger partial charge in [-0.25, -0.2) is 8.42 Å². The third-order valence-electron chi connectivity index (χ3n) is 5.03. The van der Waals surface area contributed by atoms with Crippen molar-refractivity contribution in [3.63, 3.8) is 0 Å². The number of hydrogen-bond acceptors (Lipinski definition) is 6. The minimum Gasteiger partial charge on any atom is -0.496 e. The predicted octanol–water partition coefficient (Wildman–Crippen LogP) is 5.53. The van der Waals surface area contributed by atoms with Gasteiger partial charge in [0.25, 0.3) is 5.91 Å². The molecule has 3 aromatic carbocycles. The van der Waals surface area contributed by atoms with Gasteiger partial charge in [-0.05, 0) is 54.1 Å². The summed E-state index contributed by atoms with van der Waals surface area (Å²) < 4.78 is 38.0. The van der Waals surface area contributed by atoms with E-state index in [0.29, 0.717) is 27.7 Å². The predicted molar refractivity (Wildman–Crippen MR) is 133 cm³/mol. The number of rotatable bonds is 6. The monoisotopic (exact) mass is 545 g/mol. The SMILES string of the molecule is COc1cccc(OC)c1CS(=O)(=O)c1ccc2c(c1)NC(=O)/C(=C/c1ccc(Br)cc1)S2. The average Bonchev–Trinajstić information content (AvgIpc) is 2.80. The molecule has 170 valence electrons. The van der Waals surface area contributed by atoms with Gasteiger partial charge in [-0.2, -0.15) is 0 Å². The van der Waals surface area contributed by atoms with E-state index in [0.717, 1.165) is 14.9 Å². The van der Waals surface area contributed by atoms with E-state index in [1.54, 1.807) is 36.4 Å². The molecule has 0 saturated carbocycles. The van der Waals surface area contributed by atoms with Crippen LogP contribution in [0.2, 0.25) is 0 Å². The first-order valence-corrected chi connectivity index (χ1v) is 13.1. The summed E-state index contributed by atoms with van der Waals surface area (Å²) in [4.78, 5) is 14.1. The van der Waals surface area contributed by atoms with Gasteiger partial charge in [0.05, 0.1) is 41.0 Å². The van der Waals surface area contributed by atoms with Crippen LogP contribution in [-0.2, 0) is 20.4 Å². The lowest BCUT2D eigenvalue weighted by Gasteiger charge is -2.20. The van der Waals surface area contributed by atoms with Crippen molar-refractivity contribution >= 4 is 55.2 Å². The van der Waals surface area contributed by atoms with Gasteiger partial charge in [-0.3, -0.25) is 4.79 Å². The van der Waals surface area contributed by atoms with Gasteiger partial charge in [0.15, 0.2) is 9.84 Å². The molecule has 9 heteroatoms. The van der Waals surface area contributed by atoms with Crippen LogP contribution in [0.4, 0.5) is 5.69 Å². The van der Waals surface area contributed by atoms with E-state index in [2.05, 4.69) is 21.2 Å². The molecule has 3 aromatic rings. The number of carbonyl (C=O) groups excluding carboxylic acids is 1. The minimum absolute atomic E-state index is 0.107. The van der Waals surface area contributed by atoms with Crippen molar-refractivity contribution in [3.8, 4) is 11.5 Å². The summed E-state index contributed by atoms with van der Waals surface area (Å²) in [6.07, 6.45) is 1.80. The van der Waals surface area contributed by atoms with Crippen LogP contribution in [0, 0.1) is 0 Å². The molecule has 0 aliphatic carbocycles. The topological polar surface area (TPSA) is 81.7 Å². The van der Waals surface area contributed by atoms with Gasteiger partial charge in [-0.15, -0.1) is 0 Å². The molecule has 1 aliphatic heterocycles. The normalized spacial score (nSPS) is 14.5. The van der Waals surface area contributed by atoms with Gasteiger partial charge in [-0.1, -0.05) is 45.9 Å². The average molecular weight is 546 g/mol. The van der Waals surface area contributed by atoms with Crippen LogP contribution in [0.3, 0.4) is 0 Å². The van der Waals surface area contributed by atoms with E-state index in [4.69, 9.17) is 9.47 Å². The van der Waals surface area contributed by atoms with Crippen molar-refractivity contribution < 1.29 is 22.7 Å². The first-order chi connectivity index (χ1) is 15.8. The van der Waals surface area contributed by atoms with Crippen LogP contribution in [0.1, 0.15) is 11.1 Å². The second-order valence-electron chi connectivity index (χ2n) is 7.17. The lowest BCUT2D eigenvalue weighted by Crippen LogP contribution is -2.18. The van der Waals surface area contributed by atoms with Gasteiger partial charge in [0, 0.05) is 9.37 Å². The highest BCUT2D eigenvalue weighted by Gasteiger charge is 2.26. The van der Waals surface area contributed by atoms with Crippen LogP contribution in [0.5, 0.6) is 11.5 Å². The third-order valence-corrected chi connectivity index (χ3v) is 8.30. The zero-order valence-corrected chi connectivity index (χ0v) is 21.0. The minimum atomic E-state index is -3.74. The van der Waals surface area contributed by atoms with Crippen molar-refractivity contribution in [3.05, 3.63) is 81.2 Å². The van der Waals surface area contributed by atoms with E-state index in [1.165, 1.54) is 32.0 Å². The molecule has 0 fully saturated rings. The Morgan fingerprint density at radius 3 is 2.30 bits per heavy atom. The first kappa shape index (κ1) is 23.4. The third kappa shape index (κ3) is 5.10. The van der Waals surface area contributed by atoms with Crippen LogP contribution >= 0.6 is 27.7 Å². The molecule has 0 unspecified atom stereocenters. The Labute approximate surface area is 205 Å². The molecule has 1 aliphatic rings. The molecular formula is C24H20BrNO5S2. The Kier molecular flexibility index (Phi) is 6.83. The van der Waals surface area contributed by atoms with Crippen molar-refractivity contribution in [2.24, 2.45) is 0 Å². The van der Waals surface area contributed by atoms with Crippen molar-refractivity contribution in [2.75, 3.05) is 19.5 Å². The number of fused-ring (bicyclic) bond motifs is 1. The number of sulfone groups is 1. The van der Waals surface area contributed by atoms with Crippen molar-refractivity contribution in [1.82, 2.24) is 0 Å². The highest BCUT2D eigenvalue weighted by Crippen LogP contribution is 2.41. The number of nitrogens with one attached hydrogen (secondary N) is 1. The summed E-state index contributed by atoms with van der Waals surface area (Å²) in [6, 6.07) is 17.5. The van der Waals surface area contributed by atoms with Crippen molar-refractivity contribution in [1.29, 1.82) is 0 Å². The Hall–Kier alpha value is -2.75. The standard InChI is InChI=1S/C24H20BrNO5S2/c1-30-20-4-3-5-21(31-2)18(20)14-33(28,29)17-10-11-22-19(13-17)26-24(27)23(32-22)12-15-6-8-16(25)9-7-15/h3-13H,14H2,1-2H3,(H,26,27)/b23-12-. The molecule has 1 heterocycles. The Bertz CT molecular complexity index is 1330. The lowest BCUT2D eigenvalue weighted by molar-refractivity contribution is -0.112. The number of carbonyl (C=O) groups is 1. The fourth-order valence-electron chi connectivity index (χ4n) is 3.39. The molecule has 0 bridgehead atoms. The lowest BCUT2D eigenvalue weighted by atomic mass is 10.2. The second kappa shape index (κ2) is 9.62. The summed E-state index contributed by atoms with van der Waals surface area (Å²) in [5.74, 6) is 0.288. The van der Waals surface area contributed by atoms with Gasteiger partial charge < -0.3 is 14.8 Å². The smallest absolute Gasteiger partial charge is 0.262 e. The van der Waals surface area contributed by atoms with E-state index in [1.807, 2.05) is 24.3 Å². The molecule has 1 N–H and O–H groups in total. The van der Waals surface area contributed by atoms with Gasteiger partial charge in [0.2, 0.25) is 0 Å². The number of ether oxygens (including phenoxy) is 2. The Balaban J connectivity index is 1.63. The quantitative estimate of drug-likeness (QED) is 0.410. The van der Waals surface area contributed by atoms with Crippen molar-refractivity contribution in [2.45, 2.75) is 15.5 Å². The first-order valence-electron chi connectivity index (χ1n) is 9.84. The van der Waals surface area contributed by atoms with Gasteiger partial charge >= 0.3 is 0 Å². The maximum absolute atomic E-state index is 13.2. The van der Waals surface area contributed by atoms with E-state index in [-0.39, 0.29) is 16.6 Å². The van der Waals surface area contributed by atoms with Crippen LogP contribution in [-0.4, -0.2) is 28.5 Å². The molecule has 33 heavy (non-hydrogen) atoms. The number of amides is 1. The molecule has 1 amide bonds. The molecule has 0 aromatic heterocycles. The summed E-state index contributed by atoms with van der Waals surface area (Å²) in [6.45, 7) is 0. The van der Waals surface area contributed by atoms with E-state index in [9.17, 15) is 13.2 Å². The van der Waals surface area contributed by atoms with Crippen LogP contribution in [0.25, 0.3) is 6.08 Å². The number of benzene rings is 3. The fourth-order valence-corrected chi connectivity index (χ4v) is 5.99. The maximum Gasteiger partial charge on any atom is 0.262 e. The number of methoxy groups -OCH3 is 2. The Morgan fingerprint density at radius 2 is 1.67 bits per heavy atom. The molecule has 0 saturated heterocycles. The number of anilines is 1. The Morgan fingerprint density at radius 1 is 1.00 bits per heavy atom. The van der Waals surface area contributed by atoms with Gasteiger partial charge in [0.1, 0.15) is 11.5 Å². The summed E-state index contributed by atoms with van der Waals surface area (Å²) >= 11 is 4.70. The number of hydrogen-bond donors (Lipinski definition) is 1. The van der Waals surface area contributed by atoms with Crippen LogP contribution in [0.15, 0.2) is 79.8 Å².